The van der Waals surface area contributed by atoms with Gasteiger partial charge in [-0.3, -0.25) is 23.8 Å². The summed E-state index contributed by atoms with van der Waals surface area (Å²) in [6.45, 7) is 0.151. The maximum Gasteiger partial charge on any atom is 0.332 e. The van der Waals surface area contributed by atoms with Gasteiger partial charge in [-0.05, 0) is 17.0 Å². The maximum atomic E-state index is 12.9. The zero-order valence-corrected chi connectivity index (χ0v) is 18.1. The van der Waals surface area contributed by atoms with Gasteiger partial charge >= 0.3 is 5.69 Å². The third-order valence-electron chi connectivity index (χ3n) is 4.60. The summed E-state index contributed by atoms with van der Waals surface area (Å²) in [6.07, 6.45) is 0. The number of H-pyrrole nitrogens is 1. The summed E-state index contributed by atoms with van der Waals surface area (Å²) in [5.41, 5.74) is 5.44. The number of nitrogen functional groups attached to an aromatic ring is 1. The van der Waals surface area contributed by atoms with Crippen molar-refractivity contribution >= 4 is 34.7 Å². The zero-order valence-electron chi connectivity index (χ0n) is 16.4. The molecule has 158 valence electrons. The lowest BCUT2D eigenvalue weighted by molar-refractivity contribution is 0.102. The Morgan fingerprint density at radius 2 is 1.97 bits per heavy atom. The van der Waals surface area contributed by atoms with Crippen LogP contribution in [0.2, 0.25) is 0 Å². The highest BCUT2D eigenvalue weighted by atomic mass is 32.2. The van der Waals surface area contributed by atoms with Crippen molar-refractivity contribution in [1.82, 2.24) is 24.3 Å². The van der Waals surface area contributed by atoms with E-state index in [0.717, 1.165) is 26.8 Å². The van der Waals surface area contributed by atoms with Crippen LogP contribution < -0.4 is 17.0 Å². The number of anilines is 1. The number of nitrogens with one attached hydrogen (secondary N) is 1. The summed E-state index contributed by atoms with van der Waals surface area (Å²) in [7, 11) is 1.33. The highest BCUT2D eigenvalue weighted by Crippen LogP contribution is 2.23. The first-order valence-corrected chi connectivity index (χ1v) is 11.1. The van der Waals surface area contributed by atoms with Crippen LogP contribution in [0.15, 0.2) is 62.6 Å². The van der Waals surface area contributed by atoms with Crippen LogP contribution in [0.4, 0.5) is 5.82 Å². The van der Waals surface area contributed by atoms with Crippen molar-refractivity contribution < 1.29 is 4.79 Å². The fourth-order valence-electron chi connectivity index (χ4n) is 3.00. The molecule has 3 aromatic heterocycles. The lowest BCUT2D eigenvalue weighted by atomic mass is 10.2. The molecule has 0 aliphatic rings. The molecule has 3 N–H and O–H groups in total. The molecule has 0 aliphatic heterocycles. The second kappa shape index (κ2) is 8.74. The predicted molar refractivity (Wildman–Crippen MR) is 121 cm³/mol. The third-order valence-corrected chi connectivity index (χ3v) is 6.32. The zero-order chi connectivity index (χ0) is 22.0. The third kappa shape index (κ3) is 4.23. The van der Waals surface area contributed by atoms with Crippen LogP contribution in [0, 0.1) is 0 Å². The SMILES string of the molecule is Cn1c(=O)c(C(=O)CSc2n[nH]c(-c3cccs3)n2)c(N)n(Cc2ccccc2)c1=O. The first kappa shape index (κ1) is 20.8. The first-order chi connectivity index (χ1) is 15.0. The van der Waals surface area contributed by atoms with Gasteiger partial charge < -0.3 is 5.73 Å². The molecule has 9 nitrogen and oxygen atoms in total. The fourth-order valence-corrected chi connectivity index (χ4v) is 4.34. The lowest BCUT2D eigenvalue weighted by Crippen LogP contribution is -2.43. The normalized spacial score (nSPS) is 11.0. The van der Waals surface area contributed by atoms with Gasteiger partial charge in [-0.1, -0.05) is 48.2 Å². The minimum Gasteiger partial charge on any atom is -0.384 e. The molecule has 4 rings (SSSR count). The second-order valence-corrected chi connectivity index (χ2v) is 8.52. The van der Waals surface area contributed by atoms with Gasteiger partial charge in [0.05, 0.1) is 17.2 Å². The summed E-state index contributed by atoms with van der Waals surface area (Å²) in [6, 6.07) is 13.0. The number of carbonyl (C=O) groups is 1. The van der Waals surface area contributed by atoms with Gasteiger partial charge in [0, 0.05) is 7.05 Å². The minimum atomic E-state index is -0.716. The molecule has 4 aromatic rings. The molecule has 31 heavy (non-hydrogen) atoms. The van der Waals surface area contributed by atoms with Gasteiger partial charge in [0.15, 0.2) is 11.6 Å². The summed E-state index contributed by atoms with van der Waals surface area (Å²) in [5, 5.41) is 9.23. The van der Waals surface area contributed by atoms with Crippen molar-refractivity contribution in [2.24, 2.45) is 7.05 Å². The highest BCUT2D eigenvalue weighted by molar-refractivity contribution is 7.99. The molecule has 3 heterocycles. The number of thioether (sulfide) groups is 1. The summed E-state index contributed by atoms with van der Waals surface area (Å²) >= 11 is 2.61. The molecular formula is C20H18N6O3S2. The average Bonchev–Trinajstić information content (AvgIpc) is 3.46. The van der Waals surface area contributed by atoms with Crippen LogP contribution in [0.25, 0.3) is 10.7 Å². The molecule has 0 aliphatic carbocycles. The Hall–Kier alpha value is -3.44. The first-order valence-electron chi connectivity index (χ1n) is 9.21. The standard InChI is InChI=1S/C20H18N6O3S2/c1-25-18(28)15(16(21)26(20(25)29)10-12-6-3-2-4-7-12)13(27)11-31-19-22-17(23-24-19)14-8-5-9-30-14/h2-9H,10-11,21H2,1H3,(H,22,23,24). The number of carbonyl (C=O) groups excluding carboxylic acids is 1. The number of aromatic amines is 1. The van der Waals surface area contributed by atoms with Crippen molar-refractivity contribution in [2.45, 2.75) is 11.7 Å². The number of rotatable bonds is 7. The molecule has 1 aromatic carbocycles. The van der Waals surface area contributed by atoms with Crippen molar-refractivity contribution in [3.63, 3.8) is 0 Å². The van der Waals surface area contributed by atoms with Gasteiger partial charge in [-0.15, -0.1) is 16.4 Å². The smallest absolute Gasteiger partial charge is 0.332 e. The molecule has 0 radical (unpaired) electrons. The Bertz CT molecular complexity index is 1340. The van der Waals surface area contributed by atoms with E-state index in [1.165, 1.54) is 23.0 Å². The molecular weight excluding hydrogens is 436 g/mol. The van der Waals surface area contributed by atoms with Gasteiger partial charge in [-0.25, -0.2) is 9.78 Å². The molecule has 0 saturated carbocycles. The lowest BCUT2D eigenvalue weighted by Gasteiger charge is -2.14. The van der Waals surface area contributed by atoms with E-state index < -0.39 is 17.0 Å². The molecule has 11 heteroatoms. The Balaban J connectivity index is 1.59. The number of hydrogen-bond donors (Lipinski definition) is 2. The van der Waals surface area contributed by atoms with E-state index in [1.54, 1.807) is 0 Å². The molecule has 0 unspecified atom stereocenters. The van der Waals surface area contributed by atoms with E-state index in [9.17, 15) is 14.4 Å². The number of ketones is 1. The van der Waals surface area contributed by atoms with E-state index in [-0.39, 0.29) is 23.7 Å². The van der Waals surface area contributed by atoms with Crippen molar-refractivity contribution in [3.05, 3.63) is 79.8 Å². The highest BCUT2D eigenvalue weighted by Gasteiger charge is 2.22. The van der Waals surface area contributed by atoms with E-state index in [4.69, 9.17) is 5.73 Å². The van der Waals surface area contributed by atoms with Crippen LogP contribution >= 0.6 is 23.1 Å². The molecule has 0 bridgehead atoms. The Morgan fingerprint density at radius 1 is 1.19 bits per heavy atom. The molecule has 0 spiro atoms. The molecule has 0 atom stereocenters. The number of aromatic nitrogens is 5. The van der Waals surface area contributed by atoms with E-state index in [1.807, 2.05) is 47.8 Å². The van der Waals surface area contributed by atoms with E-state index in [0.29, 0.717) is 11.0 Å². The summed E-state index contributed by atoms with van der Waals surface area (Å²) < 4.78 is 2.13. The predicted octanol–water partition coefficient (Wildman–Crippen LogP) is 2.00. The van der Waals surface area contributed by atoms with Gasteiger partial charge in [0.1, 0.15) is 11.4 Å². The Labute approximate surface area is 184 Å². The maximum absolute atomic E-state index is 12.9. The van der Waals surface area contributed by atoms with Gasteiger partial charge in [0.2, 0.25) is 5.16 Å². The van der Waals surface area contributed by atoms with Crippen molar-refractivity contribution in [2.75, 3.05) is 11.5 Å². The van der Waals surface area contributed by atoms with Crippen LogP contribution in [0.3, 0.4) is 0 Å². The van der Waals surface area contributed by atoms with Crippen LogP contribution in [0.5, 0.6) is 0 Å². The van der Waals surface area contributed by atoms with Crippen molar-refractivity contribution in [1.29, 1.82) is 0 Å². The molecule has 0 fully saturated rings. The number of nitrogens with zero attached hydrogens (tertiary/aromatic N) is 4. The Morgan fingerprint density at radius 3 is 2.68 bits per heavy atom. The molecule has 0 saturated heterocycles. The largest absolute Gasteiger partial charge is 0.384 e. The van der Waals surface area contributed by atoms with Crippen molar-refractivity contribution in [3.8, 4) is 10.7 Å². The van der Waals surface area contributed by atoms with Crippen LogP contribution in [-0.4, -0.2) is 35.9 Å². The number of thiophene rings is 1. The number of benzene rings is 1. The number of nitrogens with two attached hydrogens (primary N) is 1. The molecule has 0 amide bonds. The average molecular weight is 455 g/mol. The number of Topliss-reactive ketones (excluding diaryl/α,β-unsaturated/α-hetero) is 1. The Kier molecular flexibility index (Phi) is 5.87. The van der Waals surface area contributed by atoms with E-state index >= 15 is 0 Å². The quantitative estimate of drug-likeness (QED) is 0.323. The summed E-state index contributed by atoms with van der Waals surface area (Å²) in [4.78, 5) is 43.4. The monoisotopic (exact) mass is 454 g/mol. The second-order valence-electron chi connectivity index (χ2n) is 6.63. The van der Waals surface area contributed by atoms with Gasteiger partial charge in [0.25, 0.3) is 5.56 Å². The fraction of sp³-hybridized carbons (Fsp3) is 0.150. The topological polar surface area (TPSA) is 129 Å². The number of hydrogen-bond acceptors (Lipinski definition) is 8. The summed E-state index contributed by atoms with van der Waals surface area (Å²) in [5.74, 6) is -0.119. The van der Waals surface area contributed by atoms with Crippen LogP contribution in [0.1, 0.15) is 15.9 Å². The van der Waals surface area contributed by atoms with Gasteiger partial charge in [-0.2, -0.15) is 0 Å². The minimum absolute atomic E-state index is 0.0925. The van der Waals surface area contributed by atoms with Crippen LogP contribution in [-0.2, 0) is 13.6 Å². The van der Waals surface area contributed by atoms with E-state index in [2.05, 4.69) is 15.2 Å².